The van der Waals surface area contributed by atoms with Crippen molar-refractivity contribution in [2.24, 2.45) is 0 Å². The van der Waals surface area contributed by atoms with E-state index in [0.717, 1.165) is 11.2 Å². The van der Waals surface area contributed by atoms with Crippen LogP contribution in [0.15, 0.2) is 42.1 Å². The van der Waals surface area contributed by atoms with E-state index in [2.05, 4.69) is 0 Å². The molecule has 2 aliphatic rings. The van der Waals surface area contributed by atoms with Gasteiger partial charge in [0, 0.05) is 6.32 Å². The minimum absolute atomic E-state index is 0.390. The molecule has 1 aromatic carbocycles. The van der Waals surface area contributed by atoms with Crippen LogP contribution in [-0.4, -0.2) is 36.6 Å². The second-order valence-corrected chi connectivity index (χ2v) is 9.60. The first kappa shape index (κ1) is 21.4. The number of rotatable bonds is 5. The maximum absolute atomic E-state index is 6.25. The summed E-state index contributed by atoms with van der Waals surface area (Å²) in [5, 5.41) is 0. The van der Waals surface area contributed by atoms with Gasteiger partial charge in [0.1, 0.15) is 5.75 Å². The lowest BCUT2D eigenvalue weighted by molar-refractivity contribution is 0.00578. The summed E-state index contributed by atoms with van der Waals surface area (Å²) in [6, 6.07) is 9.65. The monoisotopic (exact) mass is 386 g/mol. The number of allylic oxidation sites excluding steroid dienone is 1. The van der Waals surface area contributed by atoms with Crippen LogP contribution in [0.5, 0.6) is 5.75 Å². The van der Waals surface area contributed by atoms with Gasteiger partial charge < -0.3 is 23.4 Å². The summed E-state index contributed by atoms with van der Waals surface area (Å²) in [6.45, 7) is 16.3. The third-order valence-corrected chi connectivity index (χ3v) is 6.35. The van der Waals surface area contributed by atoms with Crippen LogP contribution in [0.4, 0.5) is 0 Å². The van der Waals surface area contributed by atoms with Gasteiger partial charge >= 0.3 is 14.2 Å². The summed E-state index contributed by atoms with van der Waals surface area (Å²) in [5.41, 5.74) is -0.794. The second-order valence-electron chi connectivity index (χ2n) is 9.60. The molecule has 5 nitrogen and oxygen atoms in total. The Bertz CT molecular complexity index is 696. The largest absolute Gasteiger partial charge is 0.493 e. The van der Waals surface area contributed by atoms with E-state index in [9.17, 15) is 0 Å². The van der Waals surface area contributed by atoms with Gasteiger partial charge in [0.05, 0.1) is 28.7 Å². The van der Waals surface area contributed by atoms with Crippen LogP contribution in [0, 0.1) is 0 Å². The first-order valence-electron chi connectivity index (χ1n) is 9.95. The van der Waals surface area contributed by atoms with Crippen LogP contribution in [0.1, 0.15) is 55.4 Å². The highest BCUT2D eigenvalue weighted by atomic mass is 16.7. The average molecular weight is 386 g/mol. The van der Waals surface area contributed by atoms with Crippen molar-refractivity contribution < 1.29 is 23.4 Å². The molecule has 0 N–H and O–H groups in total. The van der Waals surface area contributed by atoms with Gasteiger partial charge in [0.15, 0.2) is 0 Å². The summed E-state index contributed by atoms with van der Waals surface area (Å²) in [5.74, 6) is 0.755. The van der Waals surface area contributed by atoms with Crippen molar-refractivity contribution in [2.45, 2.75) is 84.1 Å². The van der Waals surface area contributed by atoms with E-state index in [-0.39, 0.29) is 11.2 Å². The molecule has 0 amide bonds. The molecule has 28 heavy (non-hydrogen) atoms. The molecule has 2 heterocycles. The average Bonchev–Trinajstić information content (AvgIpc) is 2.91. The molecule has 7 heteroatoms. The van der Waals surface area contributed by atoms with E-state index in [4.69, 9.17) is 23.4 Å². The number of hydrogen-bond donors (Lipinski definition) is 0. The zero-order valence-electron chi connectivity index (χ0n) is 18.4. The van der Waals surface area contributed by atoms with E-state index >= 15 is 0 Å². The first-order chi connectivity index (χ1) is 12.8. The fourth-order valence-electron chi connectivity index (χ4n) is 3.08. The van der Waals surface area contributed by atoms with E-state index in [1.54, 1.807) is 6.26 Å². The summed E-state index contributed by atoms with van der Waals surface area (Å²) in [7, 11) is -0.914. The lowest BCUT2D eigenvalue weighted by atomic mass is 9.66. The van der Waals surface area contributed by atoms with Gasteiger partial charge in [-0.1, -0.05) is 18.2 Å². The Morgan fingerprint density at radius 2 is 1.25 bits per heavy atom. The Morgan fingerprint density at radius 3 is 1.75 bits per heavy atom. The van der Waals surface area contributed by atoms with Gasteiger partial charge in [-0.15, -0.1) is 0 Å². The molecule has 152 valence electrons. The van der Waals surface area contributed by atoms with Crippen molar-refractivity contribution in [1.29, 1.82) is 0 Å². The van der Waals surface area contributed by atoms with E-state index in [1.165, 1.54) is 0 Å². The number of para-hydroxylation sites is 1. The summed E-state index contributed by atoms with van der Waals surface area (Å²) in [4.78, 5) is 0. The Kier molecular flexibility index (Phi) is 5.52. The van der Waals surface area contributed by atoms with Gasteiger partial charge in [-0.25, -0.2) is 0 Å². The topological polar surface area (TPSA) is 46.2 Å². The molecule has 0 spiro atoms. The maximum atomic E-state index is 6.25. The first-order valence-corrected chi connectivity index (χ1v) is 9.95. The molecule has 0 unspecified atom stereocenters. The highest BCUT2D eigenvalue weighted by Crippen LogP contribution is 2.42. The van der Waals surface area contributed by atoms with Crippen molar-refractivity contribution >= 4 is 14.2 Å². The zero-order valence-corrected chi connectivity index (χ0v) is 18.4. The lowest BCUT2D eigenvalue weighted by Crippen LogP contribution is -2.41. The summed E-state index contributed by atoms with van der Waals surface area (Å²) in [6.07, 6.45) is 2.21. The molecule has 0 bridgehead atoms. The standard InChI is InChI=1S/C21H32B2O5/c1-18(2)19(3,4)26-22(25-18)14-16(15-24-17-12-10-9-11-13-17)23-27-20(5,6)21(7,8)28-23/h9-13,15H,14H2,1-8H3/b16-15+. The van der Waals surface area contributed by atoms with Crippen LogP contribution < -0.4 is 4.74 Å². The summed E-state index contributed by atoms with van der Waals surface area (Å²) >= 11 is 0. The van der Waals surface area contributed by atoms with E-state index < -0.39 is 25.4 Å². The fraction of sp³-hybridized carbons (Fsp3) is 0.619. The molecular weight excluding hydrogens is 354 g/mol. The number of ether oxygens (including phenoxy) is 1. The minimum Gasteiger partial charge on any atom is -0.466 e. The molecule has 1 aromatic rings. The lowest BCUT2D eigenvalue weighted by Gasteiger charge is -2.32. The van der Waals surface area contributed by atoms with Crippen molar-refractivity contribution in [3.8, 4) is 5.75 Å². The molecule has 0 atom stereocenters. The smallest absolute Gasteiger partial charge is 0.466 e. The summed E-state index contributed by atoms with van der Waals surface area (Å²) < 4.78 is 30.8. The van der Waals surface area contributed by atoms with Gasteiger partial charge in [-0.05, 0) is 73.0 Å². The Morgan fingerprint density at radius 1 is 0.786 bits per heavy atom. The second kappa shape index (κ2) is 7.21. The molecule has 0 saturated carbocycles. The predicted molar refractivity (Wildman–Crippen MR) is 112 cm³/mol. The van der Waals surface area contributed by atoms with Crippen molar-refractivity contribution in [3.63, 3.8) is 0 Å². The highest BCUT2D eigenvalue weighted by molar-refractivity contribution is 6.59. The molecule has 2 saturated heterocycles. The van der Waals surface area contributed by atoms with Gasteiger partial charge in [-0.2, -0.15) is 0 Å². The van der Waals surface area contributed by atoms with E-state index in [1.807, 2.05) is 85.7 Å². The Balaban J connectivity index is 1.82. The van der Waals surface area contributed by atoms with Crippen molar-refractivity contribution in [1.82, 2.24) is 0 Å². The Labute approximate surface area is 170 Å². The predicted octanol–water partition coefficient (Wildman–Crippen LogP) is 4.67. The third-order valence-electron chi connectivity index (χ3n) is 6.35. The zero-order chi connectivity index (χ0) is 20.8. The molecule has 0 aromatic heterocycles. The van der Waals surface area contributed by atoms with E-state index in [0.29, 0.717) is 6.32 Å². The van der Waals surface area contributed by atoms with Crippen molar-refractivity contribution in [2.75, 3.05) is 0 Å². The highest BCUT2D eigenvalue weighted by Gasteiger charge is 2.55. The Hall–Kier alpha value is -1.27. The van der Waals surface area contributed by atoms with Gasteiger partial charge in [0.2, 0.25) is 0 Å². The minimum atomic E-state index is -0.521. The number of hydrogen-bond acceptors (Lipinski definition) is 5. The molecule has 0 radical (unpaired) electrons. The van der Waals surface area contributed by atoms with Crippen molar-refractivity contribution in [3.05, 3.63) is 42.1 Å². The normalized spacial score (nSPS) is 25.2. The fourth-order valence-corrected chi connectivity index (χ4v) is 3.08. The quantitative estimate of drug-likeness (QED) is 0.544. The van der Waals surface area contributed by atoms with Crippen LogP contribution >= 0.6 is 0 Å². The van der Waals surface area contributed by atoms with Crippen LogP contribution in [0.25, 0.3) is 0 Å². The van der Waals surface area contributed by atoms with Gasteiger partial charge in [0.25, 0.3) is 0 Å². The van der Waals surface area contributed by atoms with Gasteiger partial charge in [-0.3, -0.25) is 0 Å². The SMILES string of the molecule is CC1(C)OB(C/C(=C\Oc2ccccc2)B2OC(C)(C)C(C)(C)O2)OC1(C)C. The third kappa shape index (κ3) is 4.18. The molecule has 2 fully saturated rings. The molecular formula is C21H32B2O5. The molecule has 3 rings (SSSR count). The van der Waals surface area contributed by atoms with Crippen LogP contribution in [-0.2, 0) is 18.6 Å². The molecule has 0 aliphatic carbocycles. The molecule has 2 aliphatic heterocycles. The number of benzene rings is 1. The maximum Gasteiger partial charge on any atom is 0.493 e. The van der Waals surface area contributed by atoms with Crippen LogP contribution in [0.2, 0.25) is 6.32 Å². The van der Waals surface area contributed by atoms with Crippen LogP contribution in [0.3, 0.4) is 0 Å².